The van der Waals surface area contributed by atoms with E-state index in [-0.39, 0.29) is 10.3 Å². The Morgan fingerprint density at radius 3 is 2.59 bits per heavy atom. The Hall–Kier alpha value is -2.01. The molecule has 0 radical (unpaired) electrons. The van der Waals surface area contributed by atoms with Crippen molar-refractivity contribution in [2.24, 2.45) is 0 Å². The van der Waals surface area contributed by atoms with E-state index in [9.17, 15) is 10.1 Å². The third-order valence-electron chi connectivity index (χ3n) is 2.44. The van der Waals surface area contributed by atoms with E-state index in [2.05, 4.69) is 4.98 Å². The maximum Gasteiger partial charge on any atom is 0.307 e. The summed E-state index contributed by atoms with van der Waals surface area (Å²) in [5, 5.41) is 11.0. The fourth-order valence-corrected chi connectivity index (χ4v) is 1.94. The van der Waals surface area contributed by atoms with Crippen molar-refractivity contribution < 1.29 is 4.92 Å². The van der Waals surface area contributed by atoms with Crippen LogP contribution in [0.2, 0.25) is 0 Å². The van der Waals surface area contributed by atoms with Crippen LogP contribution in [0.3, 0.4) is 0 Å². The van der Waals surface area contributed by atoms with Gasteiger partial charge in [0, 0.05) is 18.2 Å². The molecule has 0 saturated heterocycles. The van der Waals surface area contributed by atoms with Gasteiger partial charge in [0.05, 0.1) is 4.92 Å². The van der Waals surface area contributed by atoms with Crippen LogP contribution in [0, 0.1) is 14.8 Å². The second-order valence-electron chi connectivity index (χ2n) is 3.60. The zero-order chi connectivity index (χ0) is 12.3. The molecule has 1 heterocycles. The molecule has 0 saturated carbocycles. The van der Waals surface area contributed by atoms with Gasteiger partial charge in [-0.3, -0.25) is 10.1 Å². The van der Waals surface area contributed by atoms with Crippen molar-refractivity contribution in [3.05, 3.63) is 68.5 Å². The number of aromatic amines is 1. The lowest BCUT2D eigenvalue weighted by Gasteiger charge is -2.02. The Bertz CT molecular complexity index is 593. The van der Waals surface area contributed by atoms with Crippen molar-refractivity contribution in [3.8, 4) is 0 Å². The summed E-state index contributed by atoms with van der Waals surface area (Å²) in [6.07, 6.45) is 2.14. The molecular weight excluding hydrogens is 236 g/mol. The SMILES string of the molecule is O=[N+]([O-])c1c(Cc2ccccc2)cc[nH]c1=S. The third-order valence-corrected chi connectivity index (χ3v) is 2.75. The number of hydrogen-bond acceptors (Lipinski definition) is 3. The molecule has 2 aromatic rings. The number of benzene rings is 1. The molecule has 2 rings (SSSR count). The lowest BCUT2D eigenvalue weighted by Crippen LogP contribution is -1.98. The van der Waals surface area contributed by atoms with Crippen molar-refractivity contribution in [1.29, 1.82) is 0 Å². The predicted octanol–water partition coefficient (Wildman–Crippen LogP) is 3.24. The van der Waals surface area contributed by atoms with Crippen LogP contribution in [0.5, 0.6) is 0 Å². The van der Waals surface area contributed by atoms with Crippen LogP contribution in [0.4, 0.5) is 5.69 Å². The van der Waals surface area contributed by atoms with Gasteiger partial charge in [-0.25, -0.2) is 0 Å². The highest BCUT2D eigenvalue weighted by Gasteiger charge is 2.15. The molecule has 0 fully saturated rings. The smallest absolute Gasteiger partial charge is 0.307 e. The molecule has 86 valence electrons. The van der Waals surface area contributed by atoms with Gasteiger partial charge in [0.2, 0.25) is 0 Å². The van der Waals surface area contributed by atoms with Gasteiger partial charge in [-0.2, -0.15) is 0 Å². The Kier molecular flexibility index (Phi) is 3.30. The zero-order valence-electron chi connectivity index (χ0n) is 8.92. The van der Waals surface area contributed by atoms with E-state index in [0.717, 1.165) is 5.56 Å². The van der Waals surface area contributed by atoms with Gasteiger partial charge in [-0.1, -0.05) is 42.5 Å². The average Bonchev–Trinajstić information content (AvgIpc) is 2.30. The summed E-state index contributed by atoms with van der Waals surface area (Å²) in [5.74, 6) is 0. The van der Waals surface area contributed by atoms with E-state index in [1.54, 1.807) is 12.3 Å². The summed E-state index contributed by atoms with van der Waals surface area (Å²) in [5.41, 5.74) is 1.65. The summed E-state index contributed by atoms with van der Waals surface area (Å²) in [6, 6.07) is 11.3. The van der Waals surface area contributed by atoms with Gasteiger partial charge in [0.15, 0.2) is 4.64 Å². The standard InChI is InChI=1S/C12H10N2O2S/c15-14(16)11-10(6-7-13-12(11)17)8-9-4-2-1-3-5-9/h1-7H,8H2,(H,13,17). The third kappa shape index (κ3) is 2.57. The first kappa shape index (κ1) is 11.5. The minimum Gasteiger partial charge on any atom is -0.347 e. The van der Waals surface area contributed by atoms with E-state index in [4.69, 9.17) is 12.2 Å². The normalized spacial score (nSPS) is 10.1. The topological polar surface area (TPSA) is 58.9 Å². The second kappa shape index (κ2) is 4.88. The van der Waals surface area contributed by atoms with E-state index in [1.165, 1.54) is 0 Å². The highest BCUT2D eigenvalue weighted by molar-refractivity contribution is 7.71. The Labute approximate surface area is 103 Å². The summed E-state index contributed by atoms with van der Waals surface area (Å²) < 4.78 is 0.170. The van der Waals surface area contributed by atoms with Crippen molar-refractivity contribution in [1.82, 2.24) is 4.98 Å². The van der Waals surface area contributed by atoms with Crippen LogP contribution in [0.1, 0.15) is 11.1 Å². The van der Waals surface area contributed by atoms with Gasteiger partial charge >= 0.3 is 5.69 Å². The minimum atomic E-state index is -0.433. The van der Waals surface area contributed by atoms with Crippen LogP contribution >= 0.6 is 12.2 Å². The first-order chi connectivity index (χ1) is 8.18. The molecule has 1 aromatic heterocycles. The molecule has 0 aliphatic rings. The van der Waals surface area contributed by atoms with Crippen LogP contribution in [0.15, 0.2) is 42.6 Å². The van der Waals surface area contributed by atoms with Gasteiger partial charge in [0.1, 0.15) is 0 Å². The van der Waals surface area contributed by atoms with Crippen molar-refractivity contribution >= 4 is 17.9 Å². The maximum absolute atomic E-state index is 11.0. The van der Waals surface area contributed by atoms with Crippen LogP contribution in [0.25, 0.3) is 0 Å². The molecule has 0 spiro atoms. The molecule has 4 nitrogen and oxygen atoms in total. The van der Waals surface area contributed by atoms with E-state index >= 15 is 0 Å². The Balaban J connectivity index is 2.43. The molecule has 1 aromatic carbocycles. The molecule has 0 atom stereocenters. The number of H-pyrrole nitrogens is 1. The van der Waals surface area contributed by atoms with Crippen molar-refractivity contribution in [3.63, 3.8) is 0 Å². The monoisotopic (exact) mass is 246 g/mol. The summed E-state index contributed by atoms with van der Waals surface area (Å²) in [7, 11) is 0. The summed E-state index contributed by atoms with van der Waals surface area (Å²) >= 11 is 4.93. The van der Waals surface area contributed by atoms with Crippen molar-refractivity contribution in [2.45, 2.75) is 6.42 Å². The average molecular weight is 246 g/mol. The Morgan fingerprint density at radius 1 is 1.24 bits per heavy atom. The van der Waals surface area contributed by atoms with Gasteiger partial charge in [-0.05, 0) is 11.6 Å². The molecule has 0 unspecified atom stereocenters. The van der Waals surface area contributed by atoms with Crippen LogP contribution < -0.4 is 0 Å². The first-order valence-electron chi connectivity index (χ1n) is 5.07. The highest BCUT2D eigenvalue weighted by atomic mass is 32.1. The van der Waals surface area contributed by atoms with E-state index < -0.39 is 4.92 Å². The fraction of sp³-hybridized carbons (Fsp3) is 0.0833. The molecule has 5 heteroatoms. The molecular formula is C12H10N2O2S. The maximum atomic E-state index is 11.0. The van der Waals surface area contributed by atoms with Gasteiger partial charge in [0.25, 0.3) is 0 Å². The second-order valence-corrected chi connectivity index (χ2v) is 4.01. The number of rotatable bonds is 3. The fourth-order valence-electron chi connectivity index (χ4n) is 1.67. The highest BCUT2D eigenvalue weighted by Crippen LogP contribution is 2.21. The minimum absolute atomic E-state index is 0.00801. The van der Waals surface area contributed by atoms with Crippen LogP contribution in [-0.2, 0) is 6.42 Å². The summed E-state index contributed by atoms with van der Waals surface area (Å²) in [6.45, 7) is 0. The molecule has 1 N–H and O–H groups in total. The number of pyridine rings is 1. The molecule has 0 aliphatic carbocycles. The van der Waals surface area contributed by atoms with Gasteiger partial charge < -0.3 is 4.98 Å². The number of nitrogens with zero attached hydrogens (tertiary/aromatic N) is 1. The number of hydrogen-bond donors (Lipinski definition) is 1. The molecule has 0 bridgehead atoms. The van der Waals surface area contributed by atoms with E-state index in [0.29, 0.717) is 12.0 Å². The molecule has 0 aliphatic heterocycles. The van der Waals surface area contributed by atoms with Gasteiger partial charge in [-0.15, -0.1) is 0 Å². The van der Waals surface area contributed by atoms with Crippen LogP contribution in [-0.4, -0.2) is 9.91 Å². The number of aromatic nitrogens is 1. The predicted molar refractivity (Wildman–Crippen MR) is 67.5 cm³/mol. The number of nitrogens with one attached hydrogen (secondary N) is 1. The van der Waals surface area contributed by atoms with E-state index in [1.807, 2.05) is 30.3 Å². The lowest BCUT2D eigenvalue weighted by molar-refractivity contribution is -0.386. The quantitative estimate of drug-likeness (QED) is 0.514. The molecule has 17 heavy (non-hydrogen) atoms. The van der Waals surface area contributed by atoms with Crippen molar-refractivity contribution in [2.75, 3.05) is 0 Å². The zero-order valence-corrected chi connectivity index (χ0v) is 9.74. The summed E-state index contributed by atoms with van der Waals surface area (Å²) in [4.78, 5) is 13.2. The number of nitro groups is 1. The first-order valence-corrected chi connectivity index (χ1v) is 5.48. The Morgan fingerprint density at radius 2 is 1.94 bits per heavy atom. The molecule has 0 amide bonds. The lowest BCUT2D eigenvalue weighted by atomic mass is 10.1. The largest absolute Gasteiger partial charge is 0.347 e.